The van der Waals surface area contributed by atoms with E-state index in [1.807, 2.05) is 0 Å². The Morgan fingerprint density at radius 1 is 0.938 bits per heavy atom. The fourth-order valence-corrected chi connectivity index (χ4v) is 5.66. The van der Waals surface area contributed by atoms with Gasteiger partial charge in [-0.2, -0.15) is 9.65 Å². The Hall–Kier alpha value is -1.88. The molecule has 2 fully saturated rings. The monoisotopic (exact) mass is 435 g/mol. The number of allylic oxidation sites excluding steroid dienone is 4. The zero-order valence-corrected chi connectivity index (χ0v) is 20.1. The zero-order chi connectivity index (χ0) is 22.6. The van der Waals surface area contributed by atoms with Gasteiger partial charge in [0, 0.05) is 0 Å². The maximum atomic E-state index is 12.9. The van der Waals surface area contributed by atoms with Gasteiger partial charge in [-0.15, -0.1) is 0 Å². The number of aryl methyl sites for hydroxylation is 1. The first-order chi connectivity index (χ1) is 15.7. The first kappa shape index (κ1) is 24.8. The van der Waals surface area contributed by atoms with Gasteiger partial charge in [0.05, 0.1) is 0 Å². The van der Waals surface area contributed by atoms with Gasteiger partial charge in [-0.05, 0) is 118 Å². The number of nitriles is 1. The number of halogens is 1. The Balaban J connectivity index is 1.34. The number of unbranched alkanes of at least 4 members (excludes halogenated alkanes) is 2. The third-order valence-corrected chi connectivity index (χ3v) is 7.84. The molecule has 2 aliphatic carbocycles. The highest BCUT2D eigenvalue weighted by molar-refractivity contribution is 5.26. The van der Waals surface area contributed by atoms with Crippen molar-refractivity contribution in [1.29, 1.82) is 5.26 Å². The lowest BCUT2D eigenvalue weighted by Crippen LogP contribution is -2.14. The van der Waals surface area contributed by atoms with Crippen LogP contribution >= 0.6 is 0 Å². The number of rotatable bonds is 10. The second-order valence-electron chi connectivity index (χ2n) is 10.2. The molecule has 1 aromatic rings. The number of nitrogens with zero attached hydrogens (tertiary/aromatic N) is 1. The van der Waals surface area contributed by atoms with Crippen molar-refractivity contribution in [3.05, 3.63) is 59.4 Å². The van der Waals surface area contributed by atoms with Gasteiger partial charge in [0.15, 0.2) is 5.83 Å². The van der Waals surface area contributed by atoms with Crippen LogP contribution in [0.25, 0.3) is 0 Å². The van der Waals surface area contributed by atoms with Crippen LogP contribution in [0.2, 0.25) is 0 Å². The van der Waals surface area contributed by atoms with Gasteiger partial charge in [-0.25, -0.2) is 0 Å². The Labute approximate surface area is 195 Å². The lowest BCUT2D eigenvalue weighted by atomic mass is 9.76. The van der Waals surface area contributed by atoms with Gasteiger partial charge in [0.2, 0.25) is 0 Å². The van der Waals surface area contributed by atoms with E-state index in [-0.39, 0.29) is 0 Å². The Bertz CT molecular complexity index is 753. The van der Waals surface area contributed by atoms with E-state index in [1.165, 1.54) is 88.7 Å². The van der Waals surface area contributed by atoms with Gasteiger partial charge < -0.3 is 0 Å². The molecule has 0 unspecified atom stereocenters. The van der Waals surface area contributed by atoms with Crippen LogP contribution in [0.3, 0.4) is 0 Å². The summed E-state index contributed by atoms with van der Waals surface area (Å²) in [5, 5.41) is 8.49. The van der Waals surface area contributed by atoms with E-state index >= 15 is 0 Å². The molecule has 0 spiro atoms. The third-order valence-electron chi connectivity index (χ3n) is 7.84. The first-order valence-corrected chi connectivity index (χ1v) is 13.2. The smallest absolute Gasteiger partial charge is 0.195 e. The van der Waals surface area contributed by atoms with E-state index in [1.54, 1.807) is 11.6 Å². The number of hydrogen-bond acceptors (Lipinski definition) is 1. The van der Waals surface area contributed by atoms with Crippen LogP contribution in [0.4, 0.5) is 4.39 Å². The molecule has 0 saturated heterocycles. The molecule has 0 aromatic heterocycles. The van der Waals surface area contributed by atoms with Crippen molar-refractivity contribution in [2.45, 2.75) is 103 Å². The largest absolute Gasteiger partial charge is 0.196 e. The first-order valence-electron chi connectivity index (χ1n) is 13.2. The summed E-state index contributed by atoms with van der Waals surface area (Å²) in [5.74, 6) is 2.32. The summed E-state index contributed by atoms with van der Waals surface area (Å²) in [7, 11) is 0. The quantitative estimate of drug-likeness (QED) is 0.204. The number of hydrogen-bond donors (Lipinski definition) is 0. The van der Waals surface area contributed by atoms with Crippen LogP contribution in [-0.2, 0) is 6.42 Å². The topological polar surface area (TPSA) is 23.8 Å². The molecular weight excluding hydrogens is 393 g/mol. The SMILES string of the molecule is CCCCCc1ccc([C@H]2CC[C@H](/C=C/[C@H]3CC[C@H](CCC=C(F)C#N)CC3)CC2)cc1. The summed E-state index contributed by atoms with van der Waals surface area (Å²) >= 11 is 0. The van der Waals surface area contributed by atoms with Crippen LogP contribution in [0, 0.1) is 29.1 Å². The van der Waals surface area contributed by atoms with E-state index in [0.717, 1.165) is 24.2 Å². The maximum Gasteiger partial charge on any atom is 0.196 e. The average Bonchev–Trinajstić information content (AvgIpc) is 2.84. The molecule has 0 radical (unpaired) electrons. The number of benzene rings is 1. The molecule has 2 aliphatic rings. The second kappa shape index (κ2) is 13.6. The summed E-state index contributed by atoms with van der Waals surface area (Å²) < 4.78 is 12.9. The lowest BCUT2D eigenvalue weighted by Gasteiger charge is -2.29. The van der Waals surface area contributed by atoms with Crippen LogP contribution in [0.1, 0.15) is 107 Å². The third kappa shape index (κ3) is 8.23. The van der Waals surface area contributed by atoms with E-state index < -0.39 is 5.83 Å². The molecule has 2 saturated carbocycles. The van der Waals surface area contributed by atoms with Crippen molar-refractivity contribution in [2.75, 3.05) is 0 Å². The highest BCUT2D eigenvalue weighted by Crippen LogP contribution is 2.38. The van der Waals surface area contributed by atoms with Gasteiger partial charge in [-0.3, -0.25) is 0 Å². The van der Waals surface area contributed by atoms with Crippen molar-refractivity contribution in [3.63, 3.8) is 0 Å². The minimum absolute atomic E-state index is 0.629. The molecule has 174 valence electrons. The van der Waals surface area contributed by atoms with Crippen LogP contribution < -0.4 is 0 Å². The van der Waals surface area contributed by atoms with Gasteiger partial charge in [-0.1, -0.05) is 56.2 Å². The van der Waals surface area contributed by atoms with Gasteiger partial charge in [0.25, 0.3) is 0 Å². The summed E-state index contributed by atoms with van der Waals surface area (Å²) in [6.45, 7) is 2.27. The lowest BCUT2D eigenvalue weighted by molar-refractivity contribution is 0.295. The Kier molecular flexibility index (Phi) is 10.5. The minimum atomic E-state index is -0.629. The zero-order valence-electron chi connectivity index (χ0n) is 20.1. The molecule has 0 N–H and O–H groups in total. The molecule has 32 heavy (non-hydrogen) atoms. The summed E-state index contributed by atoms with van der Waals surface area (Å²) in [5.41, 5.74) is 3.05. The van der Waals surface area contributed by atoms with E-state index in [0.29, 0.717) is 12.3 Å². The molecule has 1 aromatic carbocycles. The molecule has 0 atom stereocenters. The second-order valence-corrected chi connectivity index (χ2v) is 10.2. The molecule has 1 nitrogen and oxygen atoms in total. The summed E-state index contributed by atoms with van der Waals surface area (Å²) in [4.78, 5) is 0. The minimum Gasteiger partial charge on any atom is -0.195 e. The van der Waals surface area contributed by atoms with E-state index in [2.05, 4.69) is 43.3 Å². The average molecular weight is 436 g/mol. The fourth-order valence-electron chi connectivity index (χ4n) is 5.66. The molecule has 0 aliphatic heterocycles. The van der Waals surface area contributed by atoms with E-state index in [9.17, 15) is 4.39 Å². The fraction of sp³-hybridized carbons (Fsp3) is 0.633. The molecule has 0 heterocycles. The predicted octanol–water partition coefficient (Wildman–Crippen LogP) is 9.21. The van der Waals surface area contributed by atoms with Gasteiger partial charge in [0.1, 0.15) is 6.07 Å². The summed E-state index contributed by atoms with van der Waals surface area (Å²) in [6, 6.07) is 11.1. The molecule has 0 bridgehead atoms. The van der Waals surface area contributed by atoms with Crippen molar-refractivity contribution in [2.24, 2.45) is 17.8 Å². The summed E-state index contributed by atoms with van der Waals surface area (Å²) in [6.07, 6.45) is 23.7. The van der Waals surface area contributed by atoms with Crippen molar-refractivity contribution in [3.8, 4) is 6.07 Å². The normalized spacial score (nSPS) is 26.8. The Morgan fingerprint density at radius 3 is 2.16 bits per heavy atom. The molecule has 2 heteroatoms. The predicted molar refractivity (Wildman–Crippen MR) is 133 cm³/mol. The molecule has 0 amide bonds. The van der Waals surface area contributed by atoms with Crippen LogP contribution in [-0.4, -0.2) is 0 Å². The van der Waals surface area contributed by atoms with E-state index in [4.69, 9.17) is 5.26 Å². The molecule has 3 rings (SSSR count). The van der Waals surface area contributed by atoms with Gasteiger partial charge >= 0.3 is 0 Å². The standard InChI is InChI=1S/C30H42FN/c1-2-3-4-6-24-15-19-28(20-16-24)29-21-17-27(18-22-29)14-13-26-11-9-25(10-12-26)7-5-8-30(31)23-32/h8,13-16,19-20,25-27,29H,2-7,9-12,17-18,21-22H2,1H3/b14-13+,30-8?/t25-,26-,27-,29-. The Morgan fingerprint density at radius 2 is 1.56 bits per heavy atom. The van der Waals surface area contributed by atoms with Crippen molar-refractivity contribution >= 4 is 0 Å². The van der Waals surface area contributed by atoms with Crippen molar-refractivity contribution < 1.29 is 4.39 Å². The molecular formula is C30H42FN. The maximum absolute atomic E-state index is 12.9. The highest BCUT2D eigenvalue weighted by Gasteiger charge is 2.22. The van der Waals surface area contributed by atoms with Crippen LogP contribution in [0.5, 0.6) is 0 Å². The highest BCUT2D eigenvalue weighted by atomic mass is 19.1. The van der Waals surface area contributed by atoms with Crippen molar-refractivity contribution in [1.82, 2.24) is 0 Å². The van der Waals surface area contributed by atoms with Crippen LogP contribution in [0.15, 0.2) is 48.3 Å².